The minimum Gasteiger partial charge on any atom is -0.484 e. The van der Waals surface area contributed by atoms with Gasteiger partial charge in [0.05, 0.1) is 17.1 Å². The molecular formula is C17H24N2O6S. The van der Waals surface area contributed by atoms with Crippen LogP contribution in [0.3, 0.4) is 0 Å². The maximum Gasteiger partial charge on any atom is 0.322 e. The van der Waals surface area contributed by atoms with Crippen molar-refractivity contribution in [3.63, 3.8) is 0 Å². The molecule has 144 valence electrons. The van der Waals surface area contributed by atoms with E-state index in [0.717, 1.165) is 0 Å². The van der Waals surface area contributed by atoms with Crippen LogP contribution in [0, 0.1) is 5.92 Å². The number of carboxylic acid groups (broad SMARTS) is 1. The molecule has 0 aromatic heterocycles. The SMILES string of the molecule is CC(=O)N1CC(C)(C)Oc2ccc(S(=O)(=O)NC(C(=O)O)C(C)C)cc21. The smallest absolute Gasteiger partial charge is 0.322 e. The molecule has 1 unspecified atom stereocenters. The summed E-state index contributed by atoms with van der Waals surface area (Å²) in [6.07, 6.45) is 0. The summed E-state index contributed by atoms with van der Waals surface area (Å²) in [6, 6.07) is 2.88. The van der Waals surface area contributed by atoms with Gasteiger partial charge >= 0.3 is 5.97 Å². The number of ether oxygens (including phenoxy) is 1. The van der Waals surface area contributed by atoms with E-state index in [1.807, 2.05) is 13.8 Å². The summed E-state index contributed by atoms with van der Waals surface area (Å²) in [7, 11) is -4.09. The highest BCUT2D eigenvalue weighted by Crippen LogP contribution is 2.38. The van der Waals surface area contributed by atoms with Gasteiger partial charge in [0.1, 0.15) is 17.4 Å². The Morgan fingerprint density at radius 2 is 1.92 bits per heavy atom. The fourth-order valence-corrected chi connectivity index (χ4v) is 4.10. The van der Waals surface area contributed by atoms with Gasteiger partial charge in [-0.15, -0.1) is 0 Å². The second kappa shape index (κ2) is 6.88. The van der Waals surface area contributed by atoms with Crippen LogP contribution in [0.4, 0.5) is 5.69 Å². The van der Waals surface area contributed by atoms with Gasteiger partial charge < -0.3 is 14.7 Å². The second-order valence-corrected chi connectivity index (χ2v) is 8.99. The van der Waals surface area contributed by atoms with Crippen LogP contribution in [0.5, 0.6) is 5.75 Å². The van der Waals surface area contributed by atoms with E-state index in [2.05, 4.69) is 4.72 Å². The molecule has 1 atom stereocenters. The molecule has 9 heteroatoms. The van der Waals surface area contributed by atoms with Crippen LogP contribution in [0.15, 0.2) is 23.1 Å². The molecule has 1 aliphatic rings. The number of amides is 1. The number of hydrogen-bond acceptors (Lipinski definition) is 5. The predicted octanol–water partition coefficient (Wildman–Crippen LogP) is 1.60. The number of benzene rings is 1. The number of nitrogens with zero attached hydrogens (tertiary/aromatic N) is 1. The molecule has 0 saturated carbocycles. The molecule has 0 bridgehead atoms. The van der Waals surface area contributed by atoms with Crippen LogP contribution >= 0.6 is 0 Å². The standard InChI is InChI=1S/C17H24N2O6S/c1-10(2)15(16(21)22)18-26(23,24)12-6-7-14-13(8-12)19(11(3)20)9-17(4,5)25-14/h6-8,10,15,18H,9H2,1-5H3,(H,21,22). The first kappa shape index (κ1) is 20.2. The van der Waals surface area contributed by atoms with Crippen LogP contribution < -0.4 is 14.4 Å². The molecule has 1 aromatic rings. The summed E-state index contributed by atoms with van der Waals surface area (Å²) in [5.41, 5.74) is -0.264. The molecule has 1 amide bonds. The average molecular weight is 384 g/mol. The number of sulfonamides is 1. The summed E-state index contributed by atoms with van der Waals surface area (Å²) >= 11 is 0. The van der Waals surface area contributed by atoms with Crippen molar-refractivity contribution in [2.24, 2.45) is 5.92 Å². The van der Waals surface area contributed by atoms with Gasteiger partial charge in [-0.1, -0.05) is 13.8 Å². The van der Waals surface area contributed by atoms with Crippen LogP contribution in [-0.4, -0.2) is 43.6 Å². The van der Waals surface area contributed by atoms with Gasteiger partial charge in [0.15, 0.2) is 0 Å². The van der Waals surface area contributed by atoms with E-state index in [1.54, 1.807) is 13.8 Å². The number of aliphatic carboxylic acids is 1. The third kappa shape index (κ3) is 4.16. The Morgan fingerprint density at radius 3 is 2.42 bits per heavy atom. The average Bonchev–Trinajstić information content (AvgIpc) is 2.49. The van der Waals surface area contributed by atoms with E-state index in [1.165, 1.54) is 30.0 Å². The van der Waals surface area contributed by atoms with Gasteiger partial charge in [0.25, 0.3) is 0 Å². The number of rotatable bonds is 5. The maximum atomic E-state index is 12.6. The lowest BCUT2D eigenvalue weighted by molar-refractivity contribution is -0.140. The highest BCUT2D eigenvalue weighted by Gasteiger charge is 2.35. The molecule has 1 heterocycles. The first-order chi connectivity index (χ1) is 11.8. The monoisotopic (exact) mass is 384 g/mol. The number of nitrogens with one attached hydrogen (secondary N) is 1. The van der Waals surface area contributed by atoms with Gasteiger partial charge in [-0.2, -0.15) is 4.72 Å². The summed E-state index contributed by atoms with van der Waals surface area (Å²) in [5, 5.41) is 9.22. The first-order valence-electron chi connectivity index (χ1n) is 8.20. The molecule has 0 radical (unpaired) electrons. The summed E-state index contributed by atoms with van der Waals surface area (Å²) < 4.78 is 33.3. The van der Waals surface area contributed by atoms with Crippen LogP contribution in [0.25, 0.3) is 0 Å². The Bertz CT molecular complexity index is 832. The van der Waals surface area contributed by atoms with Gasteiger partial charge in [-0.3, -0.25) is 9.59 Å². The van der Waals surface area contributed by atoms with E-state index in [0.29, 0.717) is 11.4 Å². The number of anilines is 1. The Labute approximate surface area is 153 Å². The van der Waals surface area contributed by atoms with Crippen molar-refractivity contribution in [3.05, 3.63) is 18.2 Å². The number of carbonyl (C=O) groups is 2. The third-order valence-electron chi connectivity index (χ3n) is 4.05. The lowest BCUT2D eigenvalue weighted by Gasteiger charge is -2.39. The molecule has 0 aliphatic carbocycles. The van der Waals surface area contributed by atoms with Gasteiger partial charge in [-0.25, -0.2) is 8.42 Å². The lowest BCUT2D eigenvalue weighted by Crippen LogP contribution is -2.49. The third-order valence-corrected chi connectivity index (χ3v) is 5.49. The normalized spacial score (nSPS) is 17.4. The Morgan fingerprint density at radius 1 is 1.31 bits per heavy atom. The minimum atomic E-state index is -4.09. The Balaban J connectivity index is 2.45. The largest absolute Gasteiger partial charge is 0.484 e. The highest BCUT2D eigenvalue weighted by atomic mass is 32.2. The minimum absolute atomic E-state index is 0.127. The highest BCUT2D eigenvalue weighted by molar-refractivity contribution is 7.89. The summed E-state index contributed by atoms with van der Waals surface area (Å²) in [5.74, 6) is -1.53. The predicted molar refractivity (Wildman–Crippen MR) is 95.8 cm³/mol. The van der Waals surface area contributed by atoms with E-state index in [4.69, 9.17) is 4.74 Å². The van der Waals surface area contributed by atoms with Crippen LogP contribution in [-0.2, 0) is 19.6 Å². The molecule has 2 N–H and O–H groups in total. The quantitative estimate of drug-likeness (QED) is 0.797. The van der Waals surface area contributed by atoms with E-state index >= 15 is 0 Å². The lowest BCUT2D eigenvalue weighted by atomic mass is 10.1. The van der Waals surface area contributed by atoms with Crippen molar-refractivity contribution in [2.45, 2.75) is 51.2 Å². The summed E-state index contributed by atoms with van der Waals surface area (Å²) in [6.45, 7) is 8.55. The number of carbonyl (C=O) groups excluding carboxylic acids is 1. The van der Waals surface area contributed by atoms with Crippen LogP contribution in [0.1, 0.15) is 34.6 Å². The number of carboxylic acids is 1. The van der Waals surface area contributed by atoms with Crippen molar-refractivity contribution in [1.29, 1.82) is 0 Å². The number of fused-ring (bicyclic) bond motifs is 1. The zero-order chi connectivity index (χ0) is 19.9. The summed E-state index contributed by atoms with van der Waals surface area (Å²) in [4.78, 5) is 24.6. The first-order valence-corrected chi connectivity index (χ1v) is 9.69. The van der Waals surface area contributed by atoms with Crippen LogP contribution in [0.2, 0.25) is 0 Å². The topological polar surface area (TPSA) is 113 Å². The van der Waals surface area contributed by atoms with Crippen molar-refractivity contribution < 1.29 is 27.9 Å². The second-order valence-electron chi connectivity index (χ2n) is 7.28. The fraction of sp³-hybridized carbons (Fsp3) is 0.529. The zero-order valence-corrected chi connectivity index (χ0v) is 16.3. The Kier molecular flexibility index (Phi) is 5.34. The zero-order valence-electron chi connectivity index (χ0n) is 15.4. The van der Waals surface area contributed by atoms with Crippen molar-refractivity contribution in [2.75, 3.05) is 11.4 Å². The van der Waals surface area contributed by atoms with Gasteiger partial charge in [0.2, 0.25) is 15.9 Å². The molecule has 0 fully saturated rings. The molecule has 0 spiro atoms. The molecule has 2 rings (SSSR count). The van der Waals surface area contributed by atoms with E-state index in [-0.39, 0.29) is 17.3 Å². The molecular weight excluding hydrogens is 360 g/mol. The maximum absolute atomic E-state index is 12.6. The van der Waals surface area contributed by atoms with Crippen molar-refractivity contribution >= 4 is 27.6 Å². The molecule has 8 nitrogen and oxygen atoms in total. The van der Waals surface area contributed by atoms with Crippen molar-refractivity contribution in [3.8, 4) is 5.75 Å². The van der Waals surface area contributed by atoms with Gasteiger partial charge in [-0.05, 0) is 38.0 Å². The Hall–Kier alpha value is -2.13. The molecule has 26 heavy (non-hydrogen) atoms. The van der Waals surface area contributed by atoms with Gasteiger partial charge in [0, 0.05) is 6.92 Å². The van der Waals surface area contributed by atoms with E-state index < -0.39 is 33.6 Å². The van der Waals surface area contributed by atoms with E-state index in [9.17, 15) is 23.1 Å². The van der Waals surface area contributed by atoms with Crippen molar-refractivity contribution in [1.82, 2.24) is 4.72 Å². The molecule has 1 aliphatic heterocycles. The fourth-order valence-electron chi connectivity index (χ4n) is 2.75. The molecule has 0 saturated heterocycles. The number of hydrogen-bond donors (Lipinski definition) is 2. The molecule has 1 aromatic carbocycles.